The van der Waals surface area contributed by atoms with Crippen LogP contribution in [0.2, 0.25) is 5.02 Å². The van der Waals surface area contributed by atoms with E-state index in [2.05, 4.69) is 15.2 Å². The fourth-order valence-corrected chi connectivity index (χ4v) is 2.45. The Bertz CT molecular complexity index is 910. The Morgan fingerprint density at radius 3 is 2.83 bits per heavy atom. The molecule has 0 aliphatic carbocycles. The summed E-state index contributed by atoms with van der Waals surface area (Å²) in [5.41, 5.74) is 0.962. The molecule has 0 spiro atoms. The summed E-state index contributed by atoms with van der Waals surface area (Å²) in [6.07, 6.45) is 1.65. The molecule has 0 amide bonds. The van der Waals surface area contributed by atoms with Crippen molar-refractivity contribution in [1.82, 2.24) is 14.2 Å². The fourth-order valence-electron chi connectivity index (χ4n) is 2.22. The highest BCUT2D eigenvalue weighted by Gasteiger charge is 2.09. The van der Waals surface area contributed by atoms with E-state index in [0.717, 1.165) is 0 Å². The minimum atomic E-state index is -2.93. The molecule has 0 atom stereocenters. The van der Waals surface area contributed by atoms with Gasteiger partial charge in [-0.15, -0.1) is 5.10 Å². The molecule has 0 saturated carbocycles. The first-order valence-corrected chi connectivity index (χ1v) is 7.45. The normalized spacial score (nSPS) is 11.2. The lowest BCUT2D eigenvalue weighted by atomic mass is 10.3. The third-order valence-electron chi connectivity index (χ3n) is 3.29. The predicted molar refractivity (Wildman–Crippen MR) is 86.0 cm³/mol. The molecular weight excluding hydrogens is 342 g/mol. The quantitative estimate of drug-likeness (QED) is 0.739. The summed E-state index contributed by atoms with van der Waals surface area (Å²) in [5.74, 6) is -0.0891. The van der Waals surface area contributed by atoms with Crippen molar-refractivity contribution in [3.63, 3.8) is 0 Å². The molecule has 0 saturated heterocycles. The number of pyridine rings is 1. The smallest absolute Gasteiger partial charge is 0.387 e. The Kier molecular flexibility index (Phi) is 4.66. The van der Waals surface area contributed by atoms with Gasteiger partial charge < -0.3 is 10.1 Å². The molecule has 2 heterocycles. The molecule has 2 aromatic heterocycles. The van der Waals surface area contributed by atoms with Gasteiger partial charge in [0.05, 0.1) is 11.6 Å². The van der Waals surface area contributed by atoms with Crippen LogP contribution in [0.3, 0.4) is 0 Å². The maximum absolute atomic E-state index is 12.2. The highest BCUT2D eigenvalue weighted by molar-refractivity contribution is 6.32. The SMILES string of the molecule is O=c1n(CCNc2ccc(OC(F)F)c(Cl)c2)nc2ccccn12. The molecule has 1 N–H and O–H groups in total. The molecule has 0 aliphatic rings. The van der Waals surface area contributed by atoms with Crippen LogP contribution >= 0.6 is 11.6 Å². The van der Waals surface area contributed by atoms with Gasteiger partial charge in [0, 0.05) is 18.4 Å². The molecule has 0 unspecified atom stereocenters. The van der Waals surface area contributed by atoms with Crippen LogP contribution in [-0.4, -0.2) is 27.3 Å². The maximum atomic E-state index is 12.2. The number of anilines is 1. The van der Waals surface area contributed by atoms with Gasteiger partial charge in [0.25, 0.3) is 0 Å². The minimum Gasteiger partial charge on any atom is -0.433 e. The van der Waals surface area contributed by atoms with Gasteiger partial charge in [-0.2, -0.15) is 8.78 Å². The predicted octanol–water partition coefficient (Wildman–Crippen LogP) is 2.86. The lowest BCUT2D eigenvalue weighted by molar-refractivity contribution is -0.0497. The van der Waals surface area contributed by atoms with E-state index >= 15 is 0 Å². The zero-order valence-electron chi connectivity index (χ0n) is 12.3. The number of alkyl halides is 2. The average molecular weight is 355 g/mol. The van der Waals surface area contributed by atoms with E-state index in [-0.39, 0.29) is 16.5 Å². The van der Waals surface area contributed by atoms with E-state index in [4.69, 9.17) is 11.6 Å². The Morgan fingerprint density at radius 1 is 1.29 bits per heavy atom. The van der Waals surface area contributed by atoms with Gasteiger partial charge in [-0.05, 0) is 30.3 Å². The van der Waals surface area contributed by atoms with Crippen molar-refractivity contribution in [3.8, 4) is 5.75 Å². The highest BCUT2D eigenvalue weighted by Crippen LogP contribution is 2.28. The summed E-state index contributed by atoms with van der Waals surface area (Å²) in [6, 6.07) is 9.70. The van der Waals surface area contributed by atoms with Crippen molar-refractivity contribution in [1.29, 1.82) is 0 Å². The third kappa shape index (κ3) is 3.48. The molecule has 6 nitrogen and oxygen atoms in total. The number of nitrogens with zero attached hydrogens (tertiary/aromatic N) is 3. The van der Waals surface area contributed by atoms with E-state index < -0.39 is 6.61 Å². The number of benzene rings is 1. The molecule has 9 heteroatoms. The van der Waals surface area contributed by atoms with Gasteiger partial charge in [-0.3, -0.25) is 4.40 Å². The number of aromatic nitrogens is 3. The highest BCUT2D eigenvalue weighted by atomic mass is 35.5. The van der Waals surface area contributed by atoms with Crippen LogP contribution in [0.5, 0.6) is 5.75 Å². The first-order valence-electron chi connectivity index (χ1n) is 7.07. The Labute approximate surface area is 140 Å². The molecule has 24 heavy (non-hydrogen) atoms. The Hall–Kier alpha value is -2.61. The van der Waals surface area contributed by atoms with Gasteiger partial charge in [-0.1, -0.05) is 17.7 Å². The van der Waals surface area contributed by atoms with Gasteiger partial charge in [0.15, 0.2) is 5.65 Å². The number of halogens is 3. The van der Waals surface area contributed by atoms with Crippen LogP contribution in [0.15, 0.2) is 47.4 Å². The monoisotopic (exact) mass is 354 g/mol. The van der Waals surface area contributed by atoms with Gasteiger partial charge >= 0.3 is 12.3 Å². The average Bonchev–Trinajstić information content (AvgIpc) is 2.86. The molecule has 0 aliphatic heterocycles. The zero-order valence-corrected chi connectivity index (χ0v) is 13.1. The number of nitrogens with one attached hydrogen (secondary N) is 1. The summed E-state index contributed by atoms with van der Waals surface area (Å²) >= 11 is 5.88. The first kappa shape index (κ1) is 16.3. The van der Waals surface area contributed by atoms with Crippen molar-refractivity contribution in [2.45, 2.75) is 13.2 Å². The number of rotatable bonds is 6. The van der Waals surface area contributed by atoms with E-state index in [1.54, 1.807) is 30.5 Å². The molecule has 3 aromatic rings. The molecule has 1 aromatic carbocycles. The zero-order chi connectivity index (χ0) is 17.1. The van der Waals surface area contributed by atoms with Crippen molar-refractivity contribution in [2.75, 3.05) is 11.9 Å². The van der Waals surface area contributed by atoms with E-state index in [0.29, 0.717) is 24.4 Å². The van der Waals surface area contributed by atoms with Gasteiger partial charge in [0.2, 0.25) is 0 Å². The standard InChI is InChI=1S/C15H13ClF2N4O2/c16-11-9-10(4-5-12(11)24-14(17)18)19-6-8-22-15(23)21-7-2-1-3-13(21)20-22/h1-5,7,9,14,19H,6,8H2. The van der Waals surface area contributed by atoms with Crippen LogP contribution < -0.4 is 15.7 Å². The maximum Gasteiger partial charge on any atom is 0.387 e. The summed E-state index contributed by atoms with van der Waals surface area (Å²) in [4.78, 5) is 12.1. The van der Waals surface area contributed by atoms with E-state index in [1.807, 2.05) is 0 Å². The van der Waals surface area contributed by atoms with Crippen molar-refractivity contribution in [3.05, 3.63) is 58.1 Å². The summed E-state index contributed by atoms with van der Waals surface area (Å²) < 4.78 is 31.4. The van der Waals surface area contributed by atoms with Crippen molar-refractivity contribution in [2.24, 2.45) is 0 Å². The topological polar surface area (TPSA) is 60.6 Å². The first-order chi connectivity index (χ1) is 11.5. The molecule has 3 rings (SSSR count). The van der Waals surface area contributed by atoms with E-state index in [9.17, 15) is 13.6 Å². The number of ether oxygens (including phenoxy) is 1. The van der Waals surface area contributed by atoms with Crippen LogP contribution in [0, 0.1) is 0 Å². The second kappa shape index (κ2) is 6.88. The molecule has 0 fully saturated rings. The van der Waals surface area contributed by atoms with Crippen LogP contribution in [-0.2, 0) is 6.54 Å². The lowest BCUT2D eigenvalue weighted by Crippen LogP contribution is -2.24. The summed E-state index contributed by atoms with van der Waals surface area (Å²) in [7, 11) is 0. The minimum absolute atomic E-state index is 0.0743. The lowest BCUT2D eigenvalue weighted by Gasteiger charge is -2.10. The molecule has 0 radical (unpaired) electrons. The summed E-state index contributed by atoms with van der Waals surface area (Å²) in [6.45, 7) is -2.17. The van der Waals surface area contributed by atoms with E-state index in [1.165, 1.54) is 21.2 Å². The second-order valence-corrected chi connectivity index (χ2v) is 5.29. The fraction of sp³-hybridized carbons (Fsp3) is 0.200. The number of hydrogen-bond acceptors (Lipinski definition) is 4. The Morgan fingerprint density at radius 2 is 2.12 bits per heavy atom. The second-order valence-electron chi connectivity index (χ2n) is 4.89. The van der Waals surface area contributed by atoms with Crippen LogP contribution in [0.4, 0.5) is 14.5 Å². The number of fused-ring (bicyclic) bond motifs is 1. The Balaban J connectivity index is 1.64. The molecule has 126 valence electrons. The van der Waals surface area contributed by atoms with Crippen molar-refractivity contribution < 1.29 is 13.5 Å². The van der Waals surface area contributed by atoms with Crippen molar-refractivity contribution >= 4 is 22.9 Å². The number of hydrogen-bond donors (Lipinski definition) is 1. The van der Waals surface area contributed by atoms with Gasteiger partial charge in [-0.25, -0.2) is 9.48 Å². The van der Waals surface area contributed by atoms with Crippen LogP contribution in [0.25, 0.3) is 5.65 Å². The summed E-state index contributed by atoms with van der Waals surface area (Å²) in [5, 5.41) is 7.33. The van der Waals surface area contributed by atoms with Crippen LogP contribution in [0.1, 0.15) is 0 Å². The third-order valence-corrected chi connectivity index (χ3v) is 3.58. The van der Waals surface area contributed by atoms with Gasteiger partial charge in [0.1, 0.15) is 5.75 Å². The molecule has 0 bridgehead atoms. The largest absolute Gasteiger partial charge is 0.433 e. The molecular formula is C15H13ClF2N4O2.